The van der Waals surface area contributed by atoms with Crippen LogP contribution in [0.25, 0.3) is 33.8 Å². The molecule has 1 atom stereocenters. The van der Waals surface area contributed by atoms with Crippen molar-refractivity contribution in [3.8, 4) is 22.8 Å². The molecule has 0 bridgehead atoms. The van der Waals surface area contributed by atoms with E-state index in [1.165, 1.54) is 12.8 Å². The molecule has 37 heavy (non-hydrogen) atoms. The second-order valence-electron chi connectivity index (χ2n) is 10.4. The molecule has 1 saturated carbocycles. The minimum absolute atomic E-state index is 0.197. The number of anilines is 1. The first-order chi connectivity index (χ1) is 18.0. The van der Waals surface area contributed by atoms with Gasteiger partial charge in [-0.1, -0.05) is 36.5 Å². The summed E-state index contributed by atoms with van der Waals surface area (Å²) < 4.78 is 21.0. The molecule has 1 aliphatic heterocycles. The number of aromatic nitrogens is 6. The van der Waals surface area contributed by atoms with Gasteiger partial charge in [-0.2, -0.15) is 0 Å². The van der Waals surface area contributed by atoms with E-state index in [1.54, 1.807) is 18.5 Å². The van der Waals surface area contributed by atoms with E-state index in [2.05, 4.69) is 31.5 Å². The summed E-state index contributed by atoms with van der Waals surface area (Å²) in [4.78, 5) is 30.6. The molecule has 11 heteroatoms. The molecule has 2 fully saturated rings. The number of rotatable bonds is 6. The van der Waals surface area contributed by atoms with E-state index >= 15 is 0 Å². The summed E-state index contributed by atoms with van der Waals surface area (Å²) >= 11 is 6.32. The van der Waals surface area contributed by atoms with Gasteiger partial charge in [0.05, 0.1) is 27.8 Å². The molecule has 1 aliphatic carbocycles. The molecule has 4 aromatic rings. The van der Waals surface area contributed by atoms with Gasteiger partial charge in [0, 0.05) is 31.0 Å². The van der Waals surface area contributed by atoms with Crippen LogP contribution in [0.4, 0.5) is 10.3 Å². The fourth-order valence-electron chi connectivity index (χ4n) is 5.77. The summed E-state index contributed by atoms with van der Waals surface area (Å²) in [6.07, 6.45) is 9.71. The third-order valence-corrected chi connectivity index (χ3v) is 7.96. The lowest BCUT2D eigenvalue weighted by Crippen LogP contribution is -2.33. The van der Waals surface area contributed by atoms with Crippen LogP contribution in [-0.2, 0) is 6.54 Å². The Morgan fingerprint density at radius 1 is 1.16 bits per heavy atom. The van der Waals surface area contributed by atoms with Crippen molar-refractivity contribution in [3.05, 3.63) is 40.1 Å². The highest BCUT2D eigenvalue weighted by atomic mass is 35.5. The summed E-state index contributed by atoms with van der Waals surface area (Å²) in [5.74, 6) is 1.55. The van der Waals surface area contributed by atoms with Crippen LogP contribution in [0.15, 0.2) is 33.8 Å². The molecule has 5 heterocycles. The molecule has 1 N–H and O–H groups in total. The van der Waals surface area contributed by atoms with Crippen LogP contribution in [0, 0.1) is 11.8 Å². The summed E-state index contributed by atoms with van der Waals surface area (Å²) in [5, 5.41) is 4.32. The predicted octanol–water partition coefficient (Wildman–Crippen LogP) is 5.25. The third-order valence-electron chi connectivity index (χ3n) is 7.75. The lowest BCUT2D eigenvalue weighted by Gasteiger charge is -2.29. The van der Waals surface area contributed by atoms with Crippen molar-refractivity contribution in [1.82, 2.24) is 29.7 Å². The monoisotopic (exact) mass is 525 g/mol. The van der Waals surface area contributed by atoms with Gasteiger partial charge in [-0.05, 0) is 49.7 Å². The van der Waals surface area contributed by atoms with Gasteiger partial charge in [-0.25, -0.2) is 19.2 Å². The SMILES string of the molecule is CC1CCC(Cn2c(N3CCCC3CF)nc3cc(-c4noc(=O)[nH]4)nc(-c4cncc(Cl)c4)c32)CC1. The molecule has 9 nitrogen and oxygen atoms in total. The smallest absolute Gasteiger partial charge is 0.337 e. The quantitative estimate of drug-likeness (QED) is 0.366. The Labute approximate surface area is 218 Å². The molecule has 0 amide bonds. The van der Waals surface area contributed by atoms with E-state index in [-0.39, 0.29) is 11.9 Å². The molecule has 0 aromatic carbocycles. The maximum Gasteiger partial charge on any atom is 0.439 e. The molecule has 6 rings (SSSR count). The van der Waals surface area contributed by atoms with E-state index in [9.17, 15) is 9.18 Å². The van der Waals surface area contributed by atoms with Crippen LogP contribution in [0.1, 0.15) is 45.4 Å². The van der Waals surface area contributed by atoms with Crippen molar-refractivity contribution < 1.29 is 8.91 Å². The molecular formula is C26H29ClFN7O2. The fourth-order valence-corrected chi connectivity index (χ4v) is 5.94. The Kier molecular flexibility index (Phi) is 6.44. The Morgan fingerprint density at radius 3 is 2.73 bits per heavy atom. The van der Waals surface area contributed by atoms with E-state index < -0.39 is 12.4 Å². The number of imidazole rings is 1. The molecule has 4 aromatic heterocycles. The minimum Gasteiger partial charge on any atom is -0.337 e. The van der Waals surface area contributed by atoms with E-state index in [0.29, 0.717) is 27.8 Å². The van der Waals surface area contributed by atoms with Crippen LogP contribution >= 0.6 is 11.6 Å². The lowest BCUT2D eigenvalue weighted by atomic mass is 9.83. The van der Waals surface area contributed by atoms with Gasteiger partial charge in [0.15, 0.2) is 0 Å². The summed E-state index contributed by atoms with van der Waals surface area (Å²) in [7, 11) is 0. The highest BCUT2D eigenvalue weighted by Crippen LogP contribution is 2.38. The van der Waals surface area contributed by atoms with Crippen molar-refractivity contribution in [2.45, 2.75) is 58.0 Å². The van der Waals surface area contributed by atoms with Crippen molar-refractivity contribution in [3.63, 3.8) is 0 Å². The molecular weight excluding hydrogens is 497 g/mol. The number of pyridine rings is 2. The van der Waals surface area contributed by atoms with Gasteiger partial charge in [-0.3, -0.25) is 14.5 Å². The number of aromatic amines is 1. The van der Waals surface area contributed by atoms with Crippen LogP contribution in [0.2, 0.25) is 5.02 Å². The molecule has 1 unspecified atom stereocenters. The number of nitrogens with one attached hydrogen (secondary N) is 1. The van der Waals surface area contributed by atoms with E-state index in [0.717, 1.165) is 61.7 Å². The molecule has 2 aliphatic rings. The van der Waals surface area contributed by atoms with E-state index in [1.807, 2.05) is 6.07 Å². The molecule has 194 valence electrons. The number of halogens is 2. The Hall–Kier alpha value is -3.27. The first kappa shape index (κ1) is 24.1. The second kappa shape index (κ2) is 9.89. The van der Waals surface area contributed by atoms with Crippen LogP contribution < -0.4 is 10.7 Å². The number of fused-ring (bicyclic) bond motifs is 1. The van der Waals surface area contributed by atoms with Gasteiger partial charge in [0.2, 0.25) is 11.8 Å². The first-order valence-electron chi connectivity index (χ1n) is 12.9. The Morgan fingerprint density at radius 2 is 2.00 bits per heavy atom. The maximum atomic E-state index is 14.0. The maximum absolute atomic E-state index is 14.0. The molecule has 0 spiro atoms. The minimum atomic E-state index is -0.663. The average molecular weight is 526 g/mol. The highest BCUT2D eigenvalue weighted by molar-refractivity contribution is 6.30. The normalized spacial score (nSPS) is 22.2. The Bertz CT molecular complexity index is 1470. The van der Waals surface area contributed by atoms with Crippen molar-refractivity contribution in [2.75, 3.05) is 18.1 Å². The zero-order valence-corrected chi connectivity index (χ0v) is 21.4. The first-order valence-corrected chi connectivity index (χ1v) is 13.3. The number of H-pyrrole nitrogens is 1. The van der Waals surface area contributed by atoms with Crippen LogP contribution in [0.5, 0.6) is 0 Å². The van der Waals surface area contributed by atoms with Crippen molar-refractivity contribution >= 4 is 28.6 Å². The average Bonchev–Trinajstić information content (AvgIpc) is 3.63. The number of hydrogen-bond acceptors (Lipinski definition) is 7. The van der Waals surface area contributed by atoms with Crippen LogP contribution in [-0.4, -0.2) is 48.9 Å². The van der Waals surface area contributed by atoms with Crippen molar-refractivity contribution in [1.29, 1.82) is 0 Å². The lowest BCUT2D eigenvalue weighted by molar-refractivity contribution is 0.266. The van der Waals surface area contributed by atoms with Crippen molar-refractivity contribution in [2.24, 2.45) is 11.8 Å². The van der Waals surface area contributed by atoms with Gasteiger partial charge in [-0.15, -0.1) is 0 Å². The Balaban J connectivity index is 1.58. The van der Waals surface area contributed by atoms with E-state index in [4.69, 9.17) is 26.1 Å². The van der Waals surface area contributed by atoms with Gasteiger partial charge in [0.25, 0.3) is 0 Å². The number of nitrogens with zero attached hydrogens (tertiary/aromatic N) is 6. The topological polar surface area (TPSA) is 106 Å². The molecule has 1 saturated heterocycles. The fraction of sp³-hybridized carbons (Fsp3) is 0.500. The van der Waals surface area contributed by atoms with Gasteiger partial charge < -0.3 is 9.47 Å². The van der Waals surface area contributed by atoms with Gasteiger partial charge >= 0.3 is 5.76 Å². The van der Waals surface area contributed by atoms with Crippen LogP contribution in [0.3, 0.4) is 0 Å². The number of hydrogen-bond donors (Lipinski definition) is 1. The third kappa shape index (κ3) is 4.63. The second-order valence-corrected chi connectivity index (χ2v) is 10.8. The zero-order valence-electron chi connectivity index (χ0n) is 20.7. The predicted molar refractivity (Wildman–Crippen MR) is 139 cm³/mol. The highest BCUT2D eigenvalue weighted by Gasteiger charge is 2.32. The molecule has 0 radical (unpaired) electrons. The number of alkyl halides is 1. The summed E-state index contributed by atoms with van der Waals surface area (Å²) in [5.41, 5.74) is 3.30. The largest absolute Gasteiger partial charge is 0.439 e. The van der Waals surface area contributed by atoms with Gasteiger partial charge in [0.1, 0.15) is 12.4 Å². The standard InChI is InChI=1S/C26H29ClFN7O2/c1-15-4-6-16(7-5-15)14-35-23-20(31-25(35)34-8-2-3-19(34)11-28)10-21(24-32-26(36)37-33-24)30-22(23)17-9-18(27)13-29-12-17/h9-10,12-13,15-16,19H,2-8,11,14H2,1H3,(H,32,33,36). The summed E-state index contributed by atoms with van der Waals surface area (Å²) in [6, 6.07) is 3.41. The summed E-state index contributed by atoms with van der Waals surface area (Å²) in [6.45, 7) is 3.43. The zero-order chi connectivity index (χ0) is 25.5.